The van der Waals surface area contributed by atoms with E-state index in [-0.39, 0.29) is 23.7 Å². The third-order valence-corrected chi connectivity index (χ3v) is 4.42. The third kappa shape index (κ3) is 3.26. The summed E-state index contributed by atoms with van der Waals surface area (Å²) in [5.74, 6) is -0.546. The number of carbonyl (C=O) groups is 2. The smallest absolute Gasteiger partial charge is 0.328 e. The first-order chi connectivity index (χ1) is 10.1. The second-order valence-corrected chi connectivity index (χ2v) is 5.69. The number of carbonyl (C=O) groups excluding carboxylic acids is 2. The lowest BCUT2D eigenvalue weighted by Gasteiger charge is -2.23. The molecular weight excluding hydrogens is 266 g/mol. The van der Waals surface area contributed by atoms with E-state index in [4.69, 9.17) is 4.74 Å². The number of nitrogens with one attached hydrogen (secondary N) is 1. The van der Waals surface area contributed by atoms with Crippen LogP contribution in [0.2, 0.25) is 0 Å². The van der Waals surface area contributed by atoms with E-state index >= 15 is 0 Å². The molecular formula is C17H23NO3. The number of ether oxygens (including phenoxy) is 1. The van der Waals surface area contributed by atoms with Crippen LogP contribution in [-0.2, 0) is 20.7 Å². The van der Waals surface area contributed by atoms with Crippen molar-refractivity contribution in [1.82, 2.24) is 5.32 Å². The number of rotatable bonds is 5. The van der Waals surface area contributed by atoms with Crippen molar-refractivity contribution in [2.75, 3.05) is 7.11 Å². The summed E-state index contributed by atoms with van der Waals surface area (Å²) in [5.41, 5.74) is 2.32. The number of fused-ring (bicyclic) bond motifs is 1. The van der Waals surface area contributed by atoms with E-state index < -0.39 is 6.04 Å². The molecule has 0 bridgehead atoms. The van der Waals surface area contributed by atoms with Crippen LogP contribution in [0, 0.1) is 5.92 Å². The lowest BCUT2D eigenvalue weighted by molar-refractivity contribution is -0.146. The molecule has 1 aliphatic carbocycles. The number of hydrogen-bond donors (Lipinski definition) is 1. The molecule has 0 heterocycles. The minimum Gasteiger partial charge on any atom is -0.467 e. The fourth-order valence-corrected chi connectivity index (χ4v) is 2.88. The summed E-state index contributed by atoms with van der Waals surface area (Å²) >= 11 is 0. The van der Waals surface area contributed by atoms with Crippen molar-refractivity contribution in [3.8, 4) is 0 Å². The molecule has 3 atom stereocenters. The summed E-state index contributed by atoms with van der Waals surface area (Å²) in [7, 11) is 1.36. The summed E-state index contributed by atoms with van der Waals surface area (Å²) < 4.78 is 4.81. The lowest BCUT2D eigenvalue weighted by Crippen LogP contribution is -2.47. The minimum atomic E-state index is -0.569. The number of aryl methyl sites for hydroxylation is 1. The van der Waals surface area contributed by atoms with Gasteiger partial charge in [-0.1, -0.05) is 44.5 Å². The Kier molecular flexibility index (Phi) is 4.99. The van der Waals surface area contributed by atoms with Crippen molar-refractivity contribution in [2.24, 2.45) is 5.92 Å². The van der Waals surface area contributed by atoms with Crippen LogP contribution in [0.15, 0.2) is 24.3 Å². The van der Waals surface area contributed by atoms with Crippen LogP contribution in [0.5, 0.6) is 0 Å². The van der Waals surface area contributed by atoms with Crippen LogP contribution in [0.25, 0.3) is 0 Å². The summed E-state index contributed by atoms with van der Waals surface area (Å²) in [6.07, 6.45) is 2.53. The predicted octanol–water partition coefficient (Wildman–Crippen LogP) is 2.42. The summed E-state index contributed by atoms with van der Waals surface area (Å²) in [6.45, 7) is 3.95. The molecule has 0 saturated heterocycles. The highest BCUT2D eigenvalue weighted by molar-refractivity contribution is 5.89. The Morgan fingerprint density at radius 2 is 2.10 bits per heavy atom. The van der Waals surface area contributed by atoms with E-state index in [0.717, 1.165) is 24.8 Å². The molecule has 0 saturated carbocycles. The van der Waals surface area contributed by atoms with Gasteiger partial charge in [-0.2, -0.15) is 0 Å². The molecule has 0 aliphatic heterocycles. The van der Waals surface area contributed by atoms with Gasteiger partial charge in [0.15, 0.2) is 0 Å². The molecule has 4 nitrogen and oxygen atoms in total. The summed E-state index contributed by atoms with van der Waals surface area (Å²) in [4.78, 5) is 24.4. The van der Waals surface area contributed by atoms with Crippen molar-refractivity contribution in [2.45, 2.75) is 45.1 Å². The Balaban J connectivity index is 2.12. The van der Waals surface area contributed by atoms with Crippen LogP contribution < -0.4 is 5.32 Å². The zero-order valence-corrected chi connectivity index (χ0v) is 12.9. The van der Waals surface area contributed by atoms with Gasteiger partial charge in [-0.05, 0) is 29.9 Å². The zero-order valence-electron chi connectivity index (χ0n) is 12.9. The standard InChI is InChI=1S/C17H23NO3/c1-4-11(2)15(17(20)21-3)18-16(19)14-10-9-12-7-5-6-8-13(12)14/h5-8,11,14-15H,4,9-10H2,1-3H3,(H,18,19)/t11-,14?,15-/m0/s1. The van der Waals surface area contributed by atoms with Gasteiger partial charge in [0, 0.05) is 0 Å². The summed E-state index contributed by atoms with van der Waals surface area (Å²) in [5, 5.41) is 2.89. The number of methoxy groups -OCH3 is 1. The maximum Gasteiger partial charge on any atom is 0.328 e. The van der Waals surface area contributed by atoms with Crippen LogP contribution in [0.4, 0.5) is 0 Å². The Hall–Kier alpha value is -1.84. The molecule has 2 rings (SSSR count). The molecule has 1 aromatic carbocycles. The maximum absolute atomic E-state index is 12.5. The van der Waals surface area contributed by atoms with Gasteiger partial charge in [0.1, 0.15) is 6.04 Å². The van der Waals surface area contributed by atoms with Crippen LogP contribution in [0.1, 0.15) is 43.7 Å². The quantitative estimate of drug-likeness (QED) is 0.847. The van der Waals surface area contributed by atoms with Crippen molar-refractivity contribution >= 4 is 11.9 Å². The Morgan fingerprint density at radius 1 is 1.38 bits per heavy atom. The van der Waals surface area contributed by atoms with E-state index in [0.29, 0.717) is 0 Å². The first-order valence-corrected chi connectivity index (χ1v) is 7.54. The molecule has 4 heteroatoms. The van der Waals surface area contributed by atoms with Crippen LogP contribution >= 0.6 is 0 Å². The zero-order chi connectivity index (χ0) is 15.4. The first kappa shape index (κ1) is 15.5. The minimum absolute atomic E-state index is 0.0537. The van der Waals surface area contributed by atoms with Crippen molar-refractivity contribution in [3.05, 3.63) is 35.4 Å². The lowest BCUT2D eigenvalue weighted by atomic mass is 9.96. The molecule has 0 spiro atoms. The van der Waals surface area contributed by atoms with Gasteiger partial charge in [-0.15, -0.1) is 0 Å². The SMILES string of the molecule is CC[C@H](C)[C@H](NC(=O)C1CCc2ccccc21)C(=O)OC. The number of amides is 1. The van der Waals surface area contributed by atoms with Gasteiger partial charge < -0.3 is 10.1 Å². The molecule has 1 unspecified atom stereocenters. The van der Waals surface area contributed by atoms with Crippen molar-refractivity contribution < 1.29 is 14.3 Å². The van der Waals surface area contributed by atoms with Gasteiger partial charge in [0.25, 0.3) is 0 Å². The average molecular weight is 289 g/mol. The molecule has 1 aromatic rings. The van der Waals surface area contributed by atoms with Crippen molar-refractivity contribution in [1.29, 1.82) is 0 Å². The number of benzene rings is 1. The van der Waals surface area contributed by atoms with Crippen LogP contribution in [0.3, 0.4) is 0 Å². The van der Waals surface area contributed by atoms with Crippen molar-refractivity contribution in [3.63, 3.8) is 0 Å². The van der Waals surface area contributed by atoms with Gasteiger partial charge >= 0.3 is 5.97 Å². The van der Waals surface area contributed by atoms with E-state index in [1.165, 1.54) is 12.7 Å². The third-order valence-electron chi connectivity index (χ3n) is 4.42. The number of hydrogen-bond acceptors (Lipinski definition) is 3. The molecule has 21 heavy (non-hydrogen) atoms. The largest absolute Gasteiger partial charge is 0.467 e. The Bertz CT molecular complexity index is 527. The highest BCUT2D eigenvalue weighted by atomic mass is 16.5. The Labute approximate surface area is 125 Å². The topological polar surface area (TPSA) is 55.4 Å². The van der Waals surface area contributed by atoms with E-state index in [1.54, 1.807) is 0 Å². The highest BCUT2D eigenvalue weighted by Crippen LogP contribution is 2.33. The maximum atomic E-state index is 12.5. The van der Waals surface area contributed by atoms with Gasteiger partial charge in [0.2, 0.25) is 5.91 Å². The van der Waals surface area contributed by atoms with E-state index in [1.807, 2.05) is 32.0 Å². The van der Waals surface area contributed by atoms with Gasteiger partial charge in [-0.25, -0.2) is 4.79 Å². The van der Waals surface area contributed by atoms with Gasteiger partial charge in [0.05, 0.1) is 13.0 Å². The second-order valence-electron chi connectivity index (χ2n) is 5.69. The van der Waals surface area contributed by atoms with Gasteiger partial charge in [-0.3, -0.25) is 4.79 Å². The molecule has 1 amide bonds. The number of esters is 1. The molecule has 1 aliphatic rings. The molecule has 0 radical (unpaired) electrons. The average Bonchev–Trinajstić information content (AvgIpc) is 2.95. The molecule has 114 valence electrons. The highest BCUT2D eigenvalue weighted by Gasteiger charge is 2.33. The molecule has 0 aromatic heterocycles. The van der Waals surface area contributed by atoms with E-state index in [9.17, 15) is 9.59 Å². The monoisotopic (exact) mass is 289 g/mol. The van der Waals surface area contributed by atoms with Crippen LogP contribution in [-0.4, -0.2) is 25.0 Å². The first-order valence-electron chi connectivity index (χ1n) is 7.54. The predicted molar refractivity (Wildman–Crippen MR) is 80.9 cm³/mol. The fraction of sp³-hybridized carbons (Fsp3) is 0.529. The molecule has 0 fully saturated rings. The molecule has 1 N–H and O–H groups in total. The Morgan fingerprint density at radius 3 is 2.76 bits per heavy atom. The van der Waals surface area contributed by atoms with E-state index in [2.05, 4.69) is 11.4 Å². The normalized spacial score (nSPS) is 19.5. The summed E-state index contributed by atoms with van der Waals surface area (Å²) in [6, 6.07) is 7.45. The fourth-order valence-electron chi connectivity index (χ4n) is 2.88. The second kappa shape index (κ2) is 6.74.